The highest BCUT2D eigenvalue weighted by Gasteiger charge is 2.49. The lowest BCUT2D eigenvalue weighted by atomic mass is 9.78. The number of likely N-dealkylation sites (tertiary alicyclic amines) is 2. The van der Waals surface area contributed by atoms with E-state index in [1.165, 1.54) is 18.9 Å². The average molecular weight is 357 g/mol. The van der Waals surface area contributed by atoms with Gasteiger partial charge in [-0.25, -0.2) is 0 Å². The van der Waals surface area contributed by atoms with Crippen molar-refractivity contribution < 1.29 is 9.59 Å². The Kier molecular flexibility index (Phi) is 4.59. The molecule has 140 valence electrons. The number of hydrogen-bond donors (Lipinski definition) is 0. The van der Waals surface area contributed by atoms with Gasteiger partial charge >= 0.3 is 0 Å². The first-order valence-corrected chi connectivity index (χ1v) is 9.80. The van der Waals surface area contributed by atoms with Crippen molar-refractivity contribution in [2.24, 2.45) is 11.3 Å². The minimum atomic E-state index is -0.355. The summed E-state index contributed by atoms with van der Waals surface area (Å²) in [6.07, 6.45) is 7.24. The number of aryl methyl sites for hydroxylation is 1. The van der Waals surface area contributed by atoms with E-state index in [-0.39, 0.29) is 22.8 Å². The van der Waals surface area contributed by atoms with Crippen LogP contribution in [0.15, 0.2) is 29.2 Å². The first-order valence-electron chi connectivity index (χ1n) is 9.80. The topological polar surface area (TPSA) is 62.6 Å². The third kappa shape index (κ3) is 3.41. The van der Waals surface area contributed by atoms with Gasteiger partial charge in [0.25, 0.3) is 5.56 Å². The van der Waals surface area contributed by atoms with Crippen LogP contribution in [0.3, 0.4) is 0 Å². The summed E-state index contributed by atoms with van der Waals surface area (Å²) in [5.41, 5.74) is -0.441. The predicted molar refractivity (Wildman–Crippen MR) is 97.5 cm³/mol. The number of hydrogen-bond acceptors (Lipinski definition) is 3. The number of pyridine rings is 1. The number of rotatable bonds is 5. The molecule has 3 aliphatic rings. The van der Waals surface area contributed by atoms with Crippen molar-refractivity contribution in [3.8, 4) is 0 Å². The summed E-state index contributed by atoms with van der Waals surface area (Å²) in [5, 5.41) is 0. The number of piperidine rings is 1. The van der Waals surface area contributed by atoms with Crippen LogP contribution in [-0.4, -0.2) is 52.4 Å². The fourth-order valence-electron chi connectivity index (χ4n) is 4.42. The summed E-state index contributed by atoms with van der Waals surface area (Å²) >= 11 is 0. The summed E-state index contributed by atoms with van der Waals surface area (Å²) < 4.78 is 1.56. The van der Waals surface area contributed by atoms with Crippen LogP contribution in [0.5, 0.6) is 0 Å². The molecule has 6 nitrogen and oxygen atoms in total. The van der Waals surface area contributed by atoms with Crippen molar-refractivity contribution in [2.75, 3.05) is 26.2 Å². The zero-order valence-corrected chi connectivity index (χ0v) is 15.2. The van der Waals surface area contributed by atoms with Gasteiger partial charge in [-0.1, -0.05) is 6.07 Å². The van der Waals surface area contributed by atoms with E-state index in [4.69, 9.17) is 0 Å². The minimum absolute atomic E-state index is 0.0461. The first-order chi connectivity index (χ1) is 12.6. The zero-order valence-electron chi connectivity index (χ0n) is 15.2. The molecule has 3 heterocycles. The van der Waals surface area contributed by atoms with Crippen LogP contribution in [0, 0.1) is 11.3 Å². The molecule has 0 N–H and O–H groups in total. The minimum Gasteiger partial charge on any atom is -0.342 e. The van der Waals surface area contributed by atoms with Gasteiger partial charge in [-0.15, -0.1) is 0 Å². The van der Waals surface area contributed by atoms with E-state index < -0.39 is 0 Å². The largest absolute Gasteiger partial charge is 0.342 e. The Labute approximate surface area is 153 Å². The van der Waals surface area contributed by atoms with Gasteiger partial charge in [0.05, 0.1) is 5.41 Å². The lowest BCUT2D eigenvalue weighted by Crippen LogP contribution is -2.51. The van der Waals surface area contributed by atoms with Crippen LogP contribution in [0.25, 0.3) is 0 Å². The molecule has 6 heteroatoms. The standard InChI is InChI=1S/C20H27N3O3/c24-17-4-1-2-10-21(17)12-7-18(25)23-13-9-20(15-23)8-3-11-22(19(20)26)14-16-5-6-16/h1-2,4,10,16H,3,5-9,11-15H2. The smallest absolute Gasteiger partial charge is 0.250 e. The SMILES string of the molecule is O=C(CCn1ccccc1=O)N1CCC2(CCCN(CC3CC3)C2=O)C1. The fourth-order valence-corrected chi connectivity index (χ4v) is 4.42. The molecule has 2 amide bonds. The third-order valence-corrected chi connectivity index (χ3v) is 6.17. The second kappa shape index (κ2) is 6.89. The molecule has 1 atom stereocenters. The zero-order chi connectivity index (χ0) is 18.1. The third-order valence-electron chi connectivity index (χ3n) is 6.17. The van der Waals surface area contributed by atoms with E-state index in [1.54, 1.807) is 22.9 Å². The molecule has 4 rings (SSSR count). The second-order valence-electron chi connectivity index (χ2n) is 8.13. The van der Waals surface area contributed by atoms with Gasteiger partial charge in [-0.3, -0.25) is 14.4 Å². The predicted octanol–water partition coefficient (Wildman–Crippen LogP) is 1.49. The maximum absolute atomic E-state index is 13.0. The van der Waals surface area contributed by atoms with Gasteiger partial charge in [0.2, 0.25) is 11.8 Å². The number of nitrogens with zero attached hydrogens (tertiary/aromatic N) is 3. The summed E-state index contributed by atoms with van der Waals surface area (Å²) in [4.78, 5) is 41.3. The van der Waals surface area contributed by atoms with Crippen molar-refractivity contribution in [1.29, 1.82) is 0 Å². The van der Waals surface area contributed by atoms with Crippen LogP contribution in [0.2, 0.25) is 0 Å². The number of aromatic nitrogens is 1. The highest BCUT2D eigenvalue weighted by atomic mass is 16.2. The molecule has 0 bridgehead atoms. The fraction of sp³-hybridized carbons (Fsp3) is 0.650. The maximum atomic E-state index is 13.0. The van der Waals surface area contributed by atoms with Crippen LogP contribution in [-0.2, 0) is 16.1 Å². The Morgan fingerprint density at radius 3 is 2.77 bits per heavy atom. The van der Waals surface area contributed by atoms with Crippen LogP contribution >= 0.6 is 0 Å². The average Bonchev–Trinajstić information content (AvgIpc) is 3.36. The molecule has 1 aliphatic carbocycles. The molecule has 1 spiro atoms. The van der Waals surface area contributed by atoms with E-state index in [2.05, 4.69) is 4.90 Å². The van der Waals surface area contributed by atoms with Gasteiger partial charge in [0.1, 0.15) is 0 Å². The number of amides is 2. The summed E-state index contributed by atoms with van der Waals surface area (Å²) in [5.74, 6) is 1.02. The quantitative estimate of drug-likeness (QED) is 0.802. The highest BCUT2D eigenvalue weighted by molar-refractivity contribution is 5.86. The van der Waals surface area contributed by atoms with E-state index in [9.17, 15) is 14.4 Å². The van der Waals surface area contributed by atoms with E-state index in [1.807, 2.05) is 4.90 Å². The maximum Gasteiger partial charge on any atom is 0.250 e. The summed E-state index contributed by atoms with van der Waals surface area (Å²) in [7, 11) is 0. The molecule has 2 aliphatic heterocycles. The van der Waals surface area contributed by atoms with Crippen molar-refractivity contribution in [3.05, 3.63) is 34.7 Å². The number of carbonyl (C=O) groups excluding carboxylic acids is 2. The first kappa shape index (κ1) is 17.3. The van der Waals surface area contributed by atoms with Crippen molar-refractivity contribution >= 4 is 11.8 Å². The van der Waals surface area contributed by atoms with Crippen LogP contribution in [0.1, 0.15) is 38.5 Å². The Hall–Kier alpha value is -2.11. The Morgan fingerprint density at radius 2 is 2.00 bits per heavy atom. The lowest BCUT2D eigenvalue weighted by molar-refractivity contribution is -0.146. The highest BCUT2D eigenvalue weighted by Crippen LogP contribution is 2.41. The lowest BCUT2D eigenvalue weighted by Gasteiger charge is -2.39. The molecule has 1 aromatic rings. The number of carbonyl (C=O) groups is 2. The Bertz CT molecular complexity index is 755. The van der Waals surface area contributed by atoms with Gasteiger partial charge in [-0.05, 0) is 44.1 Å². The Balaban J connectivity index is 1.36. The molecule has 0 aromatic carbocycles. The molecular formula is C20H27N3O3. The summed E-state index contributed by atoms with van der Waals surface area (Å²) in [6.45, 7) is 3.39. The van der Waals surface area contributed by atoms with E-state index >= 15 is 0 Å². The molecule has 1 aromatic heterocycles. The Morgan fingerprint density at radius 1 is 1.15 bits per heavy atom. The normalized spacial score (nSPS) is 25.9. The van der Waals surface area contributed by atoms with Crippen molar-refractivity contribution in [3.63, 3.8) is 0 Å². The molecule has 0 radical (unpaired) electrons. The molecule has 1 saturated carbocycles. The molecular weight excluding hydrogens is 330 g/mol. The van der Waals surface area contributed by atoms with E-state index in [0.717, 1.165) is 32.4 Å². The van der Waals surface area contributed by atoms with Gasteiger partial charge in [0.15, 0.2) is 0 Å². The molecule has 3 fully saturated rings. The second-order valence-corrected chi connectivity index (χ2v) is 8.13. The van der Waals surface area contributed by atoms with Crippen molar-refractivity contribution in [1.82, 2.24) is 14.4 Å². The van der Waals surface area contributed by atoms with Crippen LogP contribution in [0.4, 0.5) is 0 Å². The van der Waals surface area contributed by atoms with Gasteiger partial charge in [0, 0.05) is 51.4 Å². The monoisotopic (exact) mass is 357 g/mol. The van der Waals surface area contributed by atoms with E-state index in [0.29, 0.717) is 32.0 Å². The van der Waals surface area contributed by atoms with Crippen molar-refractivity contribution in [2.45, 2.75) is 45.1 Å². The molecule has 1 unspecified atom stereocenters. The van der Waals surface area contributed by atoms with Gasteiger partial charge < -0.3 is 14.4 Å². The molecule has 26 heavy (non-hydrogen) atoms. The summed E-state index contributed by atoms with van der Waals surface area (Å²) in [6, 6.07) is 5.00. The van der Waals surface area contributed by atoms with Gasteiger partial charge in [-0.2, -0.15) is 0 Å². The molecule has 2 saturated heterocycles. The van der Waals surface area contributed by atoms with Crippen LogP contribution < -0.4 is 5.56 Å².